The van der Waals surface area contributed by atoms with Crippen LogP contribution in [0.2, 0.25) is 0 Å². The molecule has 35 heavy (non-hydrogen) atoms. The van der Waals surface area contributed by atoms with E-state index in [1.165, 1.54) is 18.4 Å². The number of nitrogens with one attached hydrogen (secondary N) is 1. The first kappa shape index (κ1) is 23.5. The molecule has 0 bridgehead atoms. The lowest BCUT2D eigenvalue weighted by Gasteiger charge is -2.44. The van der Waals surface area contributed by atoms with Crippen molar-refractivity contribution in [2.45, 2.75) is 77.0 Å². The maximum Gasteiger partial charge on any atom is 0.271 e. The molecule has 1 N–H and O–H groups in total. The van der Waals surface area contributed by atoms with Gasteiger partial charge in [-0.1, -0.05) is 55.5 Å². The first-order valence-electron chi connectivity index (χ1n) is 12.7. The van der Waals surface area contributed by atoms with Crippen molar-refractivity contribution in [2.75, 3.05) is 7.11 Å². The van der Waals surface area contributed by atoms with Crippen molar-refractivity contribution >= 4 is 22.7 Å². The summed E-state index contributed by atoms with van der Waals surface area (Å²) >= 11 is 0. The van der Waals surface area contributed by atoms with Crippen LogP contribution in [-0.2, 0) is 17.9 Å². The smallest absolute Gasteiger partial charge is 0.271 e. The monoisotopic (exact) mass is 473 g/mol. The number of amides is 2. The van der Waals surface area contributed by atoms with Crippen LogP contribution < -0.4 is 10.1 Å². The number of aromatic nitrogens is 1. The molecule has 0 unspecified atom stereocenters. The summed E-state index contributed by atoms with van der Waals surface area (Å²) < 4.78 is 7.44. The Labute approximate surface area is 207 Å². The summed E-state index contributed by atoms with van der Waals surface area (Å²) in [4.78, 5) is 29.7. The van der Waals surface area contributed by atoms with E-state index in [1.54, 1.807) is 12.0 Å². The summed E-state index contributed by atoms with van der Waals surface area (Å²) in [5.74, 6) is 0.545. The molecule has 0 radical (unpaired) electrons. The average molecular weight is 474 g/mol. The molecule has 184 valence electrons. The van der Waals surface area contributed by atoms with Crippen LogP contribution in [0.25, 0.3) is 10.9 Å². The van der Waals surface area contributed by atoms with Gasteiger partial charge in [0.1, 0.15) is 17.0 Å². The van der Waals surface area contributed by atoms with Crippen molar-refractivity contribution in [1.29, 1.82) is 0 Å². The molecule has 6 heteroatoms. The van der Waals surface area contributed by atoms with Crippen LogP contribution in [0.4, 0.5) is 0 Å². The Kier molecular flexibility index (Phi) is 6.30. The summed E-state index contributed by atoms with van der Waals surface area (Å²) in [7, 11) is 1.64. The van der Waals surface area contributed by atoms with Gasteiger partial charge in [0.15, 0.2) is 0 Å². The Hall–Kier alpha value is -3.28. The maximum absolute atomic E-state index is 14.0. The van der Waals surface area contributed by atoms with Crippen LogP contribution in [0.3, 0.4) is 0 Å². The summed E-state index contributed by atoms with van der Waals surface area (Å²) in [6, 6.07) is 16.1. The predicted octanol–water partition coefficient (Wildman–Crippen LogP) is 5.21. The molecule has 1 atom stereocenters. The molecule has 2 aliphatic rings. The zero-order valence-corrected chi connectivity index (χ0v) is 21.0. The van der Waals surface area contributed by atoms with E-state index in [9.17, 15) is 9.59 Å². The van der Waals surface area contributed by atoms with Gasteiger partial charge in [-0.3, -0.25) is 9.59 Å². The number of rotatable bonds is 5. The third kappa shape index (κ3) is 4.42. The highest BCUT2D eigenvalue weighted by atomic mass is 16.5. The molecule has 2 aromatic carbocycles. The minimum absolute atomic E-state index is 0.0692. The fraction of sp³-hybridized carbons (Fsp3) is 0.448. The van der Waals surface area contributed by atoms with Crippen molar-refractivity contribution in [3.05, 3.63) is 65.4 Å². The van der Waals surface area contributed by atoms with Crippen LogP contribution in [-0.4, -0.2) is 40.0 Å². The molecule has 1 aliphatic carbocycles. The zero-order valence-electron chi connectivity index (χ0n) is 21.0. The van der Waals surface area contributed by atoms with E-state index >= 15 is 0 Å². The number of benzene rings is 2. The lowest BCUT2D eigenvalue weighted by molar-refractivity contribution is -0.134. The Bertz CT molecular complexity index is 1240. The van der Waals surface area contributed by atoms with Gasteiger partial charge in [-0.05, 0) is 50.5 Å². The Balaban J connectivity index is 1.55. The second kappa shape index (κ2) is 9.40. The molecule has 1 fully saturated rings. The Morgan fingerprint density at radius 3 is 2.46 bits per heavy atom. The number of carbonyl (C=O) groups excluding carboxylic acids is 2. The second-order valence-electron chi connectivity index (χ2n) is 10.4. The summed E-state index contributed by atoms with van der Waals surface area (Å²) in [5, 5.41) is 4.31. The highest BCUT2D eigenvalue weighted by molar-refractivity contribution is 6.03. The molecular formula is C29H35N3O3. The van der Waals surface area contributed by atoms with E-state index in [2.05, 4.69) is 17.4 Å². The van der Waals surface area contributed by atoms with Gasteiger partial charge in [0.2, 0.25) is 5.91 Å². The Morgan fingerprint density at radius 2 is 1.77 bits per heavy atom. The van der Waals surface area contributed by atoms with Crippen molar-refractivity contribution in [3.8, 4) is 5.75 Å². The van der Waals surface area contributed by atoms with E-state index in [4.69, 9.17) is 4.74 Å². The number of carbonyl (C=O) groups is 2. The summed E-state index contributed by atoms with van der Waals surface area (Å²) in [6.45, 7) is 4.75. The lowest BCUT2D eigenvalue weighted by atomic mass is 9.93. The first-order chi connectivity index (χ1) is 16.9. The van der Waals surface area contributed by atoms with Crippen LogP contribution >= 0.6 is 0 Å². The second-order valence-corrected chi connectivity index (χ2v) is 10.4. The predicted molar refractivity (Wildman–Crippen MR) is 138 cm³/mol. The number of hydrogen-bond donors (Lipinski definition) is 1. The van der Waals surface area contributed by atoms with Crippen LogP contribution in [0.15, 0.2) is 48.5 Å². The van der Waals surface area contributed by atoms with Gasteiger partial charge >= 0.3 is 0 Å². The third-order valence-electron chi connectivity index (χ3n) is 7.78. The SMILES string of the molecule is COc1ccc2cc3n(c2c1)C[C@@](C)(C(=O)NC1CCCCCC1)N(Cc1ccc(C)cc1)C3=O. The fourth-order valence-corrected chi connectivity index (χ4v) is 5.55. The van der Waals surface area contributed by atoms with Gasteiger partial charge in [-0.2, -0.15) is 0 Å². The topological polar surface area (TPSA) is 63.6 Å². The van der Waals surface area contributed by atoms with Gasteiger partial charge in [-0.15, -0.1) is 0 Å². The molecular weight excluding hydrogens is 438 g/mol. The molecule has 6 nitrogen and oxygen atoms in total. The highest BCUT2D eigenvalue weighted by Gasteiger charge is 2.48. The van der Waals surface area contributed by atoms with Gasteiger partial charge in [-0.25, -0.2) is 0 Å². The lowest BCUT2D eigenvalue weighted by Crippen LogP contribution is -2.64. The van der Waals surface area contributed by atoms with Crippen LogP contribution in [0.1, 0.15) is 67.1 Å². The van der Waals surface area contributed by atoms with Crippen molar-refractivity contribution in [2.24, 2.45) is 0 Å². The molecule has 0 spiro atoms. The van der Waals surface area contributed by atoms with Gasteiger partial charge in [0.25, 0.3) is 5.91 Å². The zero-order chi connectivity index (χ0) is 24.6. The quantitative estimate of drug-likeness (QED) is 0.517. The van der Waals surface area contributed by atoms with Gasteiger partial charge in [0.05, 0.1) is 19.2 Å². The normalized spacial score (nSPS) is 21.0. The van der Waals surface area contributed by atoms with E-state index in [-0.39, 0.29) is 17.9 Å². The van der Waals surface area contributed by atoms with Crippen molar-refractivity contribution in [1.82, 2.24) is 14.8 Å². The molecule has 1 saturated carbocycles. The van der Waals surface area contributed by atoms with Crippen molar-refractivity contribution < 1.29 is 14.3 Å². The number of ether oxygens (including phenoxy) is 1. The molecule has 1 aromatic heterocycles. The molecule has 5 rings (SSSR count). The number of nitrogens with zero attached hydrogens (tertiary/aromatic N) is 2. The van der Waals surface area contributed by atoms with Crippen molar-refractivity contribution in [3.63, 3.8) is 0 Å². The first-order valence-corrected chi connectivity index (χ1v) is 12.7. The van der Waals surface area contributed by atoms with E-state index in [0.717, 1.165) is 47.9 Å². The number of methoxy groups -OCH3 is 1. The van der Waals surface area contributed by atoms with Crippen LogP contribution in [0, 0.1) is 6.92 Å². The summed E-state index contributed by atoms with van der Waals surface area (Å²) in [5.41, 5.74) is 2.69. The molecule has 2 amide bonds. The minimum Gasteiger partial charge on any atom is -0.497 e. The fourth-order valence-electron chi connectivity index (χ4n) is 5.55. The molecule has 2 heterocycles. The highest BCUT2D eigenvalue weighted by Crippen LogP contribution is 2.35. The number of hydrogen-bond acceptors (Lipinski definition) is 3. The number of aryl methyl sites for hydroxylation is 1. The van der Waals surface area contributed by atoms with E-state index < -0.39 is 5.54 Å². The average Bonchev–Trinajstić information content (AvgIpc) is 3.01. The Morgan fingerprint density at radius 1 is 1.06 bits per heavy atom. The maximum atomic E-state index is 14.0. The minimum atomic E-state index is -1.02. The third-order valence-corrected chi connectivity index (χ3v) is 7.78. The van der Waals surface area contributed by atoms with Gasteiger partial charge < -0.3 is 19.5 Å². The summed E-state index contributed by atoms with van der Waals surface area (Å²) in [6.07, 6.45) is 6.73. The van der Waals surface area contributed by atoms with E-state index in [1.807, 2.05) is 54.8 Å². The molecule has 3 aromatic rings. The molecule has 1 aliphatic heterocycles. The largest absolute Gasteiger partial charge is 0.497 e. The van der Waals surface area contributed by atoms with Crippen LogP contribution in [0.5, 0.6) is 5.75 Å². The standard InChI is InChI=1S/C29H35N3O3/c1-20-10-12-21(13-11-20)18-32-27(33)26-16-22-14-15-24(35-3)17-25(22)31(26)19-29(32,2)28(34)30-23-8-6-4-5-7-9-23/h10-17,23H,4-9,18-19H2,1-3H3,(H,30,34)/t29-/m0/s1. The van der Waals surface area contributed by atoms with E-state index in [0.29, 0.717) is 18.8 Å². The number of fused-ring (bicyclic) bond motifs is 3. The molecule has 0 saturated heterocycles. The van der Waals surface area contributed by atoms with Gasteiger partial charge in [0, 0.05) is 24.0 Å².